The average Bonchev–Trinajstić information content (AvgIpc) is 3.23. The minimum absolute atomic E-state index is 0.0314. The molecule has 0 saturated heterocycles. The maximum absolute atomic E-state index is 12.0. The highest BCUT2D eigenvalue weighted by Gasteiger charge is 2.30. The van der Waals surface area contributed by atoms with E-state index in [0.29, 0.717) is 11.7 Å². The van der Waals surface area contributed by atoms with Crippen molar-refractivity contribution in [2.24, 2.45) is 17.6 Å². The highest BCUT2D eigenvalue weighted by atomic mass is 16.2. The molecule has 1 saturated carbocycles. The first-order valence-corrected chi connectivity index (χ1v) is 7.76. The van der Waals surface area contributed by atoms with E-state index in [0.717, 1.165) is 0 Å². The third-order valence-electron chi connectivity index (χ3n) is 4.07. The quantitative estimate of drug-likeness (QED) is 0.696. The van der Waals surface area contributed by atoms with Crippen LogP contribution in [0.25, 0.3) is 0 Å². The van der Waals surface area contributed by atoms with Crippen molar-refractivity contribution < 1.29 is 9.59 Å². The Kier molecular flexibility index (Phi) is 5.18. The fraction of sp³-hybridized carbons (Fsp3) is 0.667. The molecule has 2 rings (SSSR count). The molecule has 1 heterocycles. The molecule has 2 atom stereocenters. The molecule has 1 aliphatic carbocycles. The lowest BCUT2D eigenvalue weighted by molar-refractivity contribution is -0.125. The summed E-state index contributed by atoms with van der Waals surface area (Å²) in [6.45, 7) is 5.73. The molecular weight excluding hydrogens is 282 g/mol. The van der Waals surface area contributed by atoms with E-state index in [4.69, 9.17) is 5.73 Å². The number of anilines is 1. The van der Waals surface area contributed by atoms with Gasteiger partial charge in [0.05, 0.1) is 24.8 Å². The molecule has 0 bridgehead atoms. The lowest BCUT2D eigenvalue weighted by atomic mass is 10.1. The van der Waals surface area contributed by atoms with Gasteiger partial charge < -0.3 is 16.4 Å². The number of carbonyl (C=O) groups excluding carboxylic acids is 2. The second kappa shape index (κ2) is 6.91. The van der Waals surface area contributed by atoms with Crippen LogP contribution in [-0.2, 0) is 9.59 Å². The van der Waals surface area contributed by atoms with Gasteiger partial charge in [0.15, 0.2) is 0 Å². The summed E-state index contributed by atoms with van der Waals surface area (Å²) < 4.78 is 1.83. The zero-order valence-corrected chi connectivity index (χ0v) is 13.4. The molecule has 1 aromatic heterocycles. The number of carbonyl (C=O) groups is 2. The molecule has 1 fully saturated rings. The molecule has 1 aromatic rings. The monoisotopic (exact) mass is 307 g/mol. The van der Waals surface area contributed by atoms with Crippen molar-refractivity contribution in [3.8, 4) is 0 Å². The molecular formula is C15H25N5O2. The minimum atomic E-state index is -0.604. The maximum atomic E-state index is 12.0. The molecule has 7 heteroatoms. The van der Waals surface area contributed by atoms with Crippen LogP contribution in [-0.4, -0.2) is 34.2 Å². The van der Waals surface area contributed by atoms with E-state index in [1.165, 1.54) is 12.8 Å². The van der Waals surface area contributed by atoms with Crippen molar-refractivity contribution in [2.45, 2.75) is 45.7 Å². The fourth-order valence-corrected chi connectivity index (χ4v) is 2.29. The lowest BCUT2D eigenvalue weighted by Crippen LogP contribution is -2.46. The minimum Gasteiger partial charge on any atom is -0.346 e. The molecule has 122 valence electrons. The summed E-state index contributed by atoms with van der Waals surface area (Å²) in [7, 11) is 0. The van der Waals surface area contributed by atoms with Gasteiger partial charge in [0.2, 0.25) is 11.8 Å². The largest absolute Gasteiger partial charge is 0.346 e. The molecule has 2 amide bonds. The summed E-state index contributed by atoms with van der Waals surface area (Å²) >= 11 is 0. The van der Waals surface area contributed by atoms with Gasteiger partial charge in [-0.1, -0.05) is 13.8 Å². The van der Waals surface area contributed by atoms with Crippen LogP contribution >= 0.6 is 0 Å². The molecule has 1 aliphatic rings. The van der Waals surface area contributed by atoms with E-state index >= 15 is 0 Å². The van der Waals surface area contributed by atoms with Gasteiger partial charge in [-0.05, 0) is 31.6 Å². The van der Waals surface area contributed by atoms with E-state index < -0.39 is 6.04 Å². The number of nitrogens with zero attached hydrogens (tertiary/aromatic N) is 2. The smallest absolute Gasteiger partial charge is 0.244 e. The zero-order chi connectivity index (χ0) is 16.3. The first kappa shape index (κ1) is 16.5. The molecule has 4 N–H and O–H groups in total. The van der Waals surface area contributed by atoms with Crippen molar-refractivity contribution in [3.05, 3.63) is 12.3 Å². The van der Waals surface area contributed by atoms with Crippen molar-refractivity contribution in [3.63, 3.8) is 0 Å². The highest BCUT2D eigenvalue weighted by molar-refractivity contribution is 5.94. The molecule has 7 nitrogen and oxygen atoms in total. The number of aromatic nitrogens is 2. The molecule has 0 radical (unpaired) electrons. The summed E-state index contributed by atoms with van der Waals surface area (Å²) in [6.07, 6.45) is 4.08. The number of hydrogen-bond acceptors (Lipinski definition) is 4. The van der Waals surface area contributed by atoms with E-state index in [9.17, 15) is 9.59 Å². The van der Waals surface area contributed by atoms with Crippen molar-refractivity contribution >= 4 is 17.6 Å². The first-order valence-electron chi connectivity index (χ1n) is 7.76. The maximum Gasteiger partial charge on any atom is 0.244 e. The van der Waals surface area contributed by atoms with Gasteiger partial charge in [-0.15, -0.1) is 0 Å². The molecule has 22 heavy (non-hydrogen) atoms. The second-order valence-corrected chi connectivity index (χ2v) is 6.27. The Bertz CT molecular complexity index is 536. The summed E-state index contributed by atoms with van der Waals surface area (Å²) in [5.74, 6) is 0.731. The summed E-state index contributed by atoms with van der Waals surface area (Å²) in [4.78, 5) is 23.7. The normalized spacial score (nSPS) is 17.1. The zero-order valence-electron chi connectivity index (χ0n) is 13.4. The van der Waals surface area contributed by atoms with Gasteiger partial charge in [-0.2, -0.15) is 5.10 Å². The van der Waals surface area contributed by atoms with Crippen LogP contribution in [0.5, 0.6) is 0 Å². The Balaban J connectivity index is 1.85. The van der Waals surface area contributed by atoms with Gasteiger partial charge in [0, 0.05) is 6.07 Å². The Labute approximate surface area is 130 Å². The van der Waals surface area contributed by atoms with Crippen molar-refractivity contribution in [1.29, 1.82) is 0 Å². The van der Waals surface area contributed by atoms with Gasteiger partial charge in [0.25, 0.3) is 0 Å². The van der Waals surface area contributed by atoms with Crippen molar-refractivity contribution in [1.82, 2.24) is 15.1 Å². The topological polar surface area (TPSA) is 102 Å². The summed E-state index contributed by atoms with van der Waals surface area (Å²) in [6, 6.07) is 1.43. The first-order chi connectivity index (χ1) is 10.4. The number of hydrogen-bond donors (Lipinski definition) is 3. The summed E-state index contributed by atoms with van der Waals surface area (Å²) in [5.41, 5.74) is 5.73. The van der Waals surface area contributed by atoms with Crippen LogP contribution in [0.2, 0.25) is 0 Å². The average molecular weight is 307 g/mol. The fourth-order valence-electron chi connectivity index (χ4n) is 2.29. The predicted molar refractivity (Wildman–Crippen MR) is 84.1 cm³/mol. The third kappa shape index (κ3) is 4.07. The Morgan fingerprint density at radius 1 is 1.41 bits per heavy atom. The third-order valence-corrected chi connectivity index (χ3v) is 4.07. The second-order valence-electron chi connectivity index (χ2n) is 6.27. The van der Waals surface area contributed by atoms with E-state index in [-0.39, 0.29) is 30.3 Å². The van der Waals surface area contributed by atoms with Crippen LogP contribution < -0.4 is 16.4 Å². The molecule has 0 aliphatic heterocycles. The SMILES string of the molecule is CC(C)[C@H](N)C(=O)NCC(=O)Nc1ccnn1C(C)C1CC1. The van der Waals surface area contributed by atoms with Gasteiger partial charge >= 0.3 is 0 Å². The Morgan fingerprint density at radius 2 is 2.09 bits per heavy atom. The Hall–Kier alpha value is -1.89. The number of nitrogens with one attached hydrogen (secondary N) is 2. The predicted octanol–water partition coefficient (Wildman–Crippen LogP) is 0.892. The number of amides is 2. The molecule has 1 unspecified atom stereocenters. The van der Waals surface area contributed by atoms with E-state index in [1.807, 2.05) is 18.5 Å². The van der Waals surface area contributed by atoms with Crippen LogP contribution in [0.15, 0.2) is 12.3 Å². The lowest BCUT2D eigenvalue weighted by Gasteiger charge is -2.17. The van der Waals surface area contributed by atoms with Crippen LogP contribution in [0.3, 0.4) is 0 Å². The van der Waals surface area contributed by atoms with Crippen molar-refractivity contribution in [2.75, 3.05) is 11.9 Å². The number of rotatable bonds is 7. The van der Waals surface area contributed by atoms with Gasteiger partial charge in [0.1, 0.15) is 5.82 Å². The van der Waals surface area contributed by atoms with Crippen LogP contribution in [0.1, 0.15) is 39.7 Å². The van der Waals surface area contributed by atoms with E-state index in [2.05, 4.69) is 22.7 Å². The Morgan fingerprint density at radius 3 is 2.68 bits per heavy atom. The molecule has 0 spiro atoms. The van der Waals surface area contributed by atoms with Crippen LogP contribution in [0.4, 0.5) is 5.82 Å². The van der Waals surface area contributed by atoms with E-state index in [1.54, 1.807) is 12.3 Å². The number of nitrogens with two attached hydrogens (primary N) is 1. The van der Waals surface area contributed by atoms with Gasteiger partial charge in [-0.3, -0.25) is 9.59 Å². The standard InChI is InChI=1S/C15H25N5O2/c1-9(2)14(16)15(22)17-8-13(21)19-12-6-7-18-20(12)10(3)11-4-5-11/h6-7,9-11,14H,4-5,8,16H2,1-3H3,(H,17,22)(H,19,21)/t10?,14-/m0/s1. The highest BCUT2D eigenvalue weighted by Crippen LogP contribution is 2.40. The summed E-state index contributed by atoms with van der Waals surface area (Å²) in [5, 5.41) is 9.61. The van der Waals surface area contributed by atoms with Gasteiger partial charge in [-0.25, -0.2) is 4.68 Å². The van der Waals surface area contributed by atoms with Crippen LogP contribution in [0, 0.1) is 11.8 Å². The molecule has 0 aromatic carbocycles.